The number of hydrogen-bond donors (Lipinski definition) is 3. The first kappa shape index (κ1) is 26.5. The summed E-state index contributed by atoms with van der Waals surface area (Å²) < 4.78 is 52.7. The number of quaternary nitrogens is 1. The molecule has 1 unspecified atom stereocenters. The van der Waals surface area contributed by atoms with E-state index in [2.05, 4.69) is 22.0 Å². The van der Waals surface area contributed by atoms with Crippen molar-refractivity contribution >= 4 is 36.6 Å². The zero-order valence-corrected chi connectivity index (χ0v) is 22.2. The molecule has 194 valence electrons. The maximum atomic E-state index is 13.2. The quantitative estimate of drug-likeness (QED) is 0.425. The summed E-state index contributed by atoms with van der Waals surface area (Å²) in [7, 11) is -6.29. The van der Waals surface area contributed by atoms with Gasteiger partial charge in [-0.1, -0.05) is 43.9 Å². The van der Waals surface area contributed by atoms with E-state index in [0.29, 0.717) is 24.0 Å². The first-order valence-electron chi connectivity index (χ1n) is 12.1. The lowest BCUT2D eigenvalue weighted by molar-refractivity contribution is 0.404. The molecule has 1 fully saturated rings. The molecule has 36 heavy (non-hydrogen) atoms. The number of nitrogens with one attached hydrogen (secondary N) is 2. The van der Waals surface area contributed by atoms with Crippen LogP contribution in [0, 0.1) is 5.92 Å². The van der Waals surface area contributed by atoms with Crippen LogP contribution in [0.5, 0.6) is 0 Å². The first-order chi connectivity index (χ1) is 17.0. The molecule has 1 aliphatic carbocycles. The van der Waals surface area contributed by atoms with Gasteiger partial charge in [0.1, 0.15) is 11.9 Å². The average Bonchev–Trinajstić information content (AvgIpc) is 3.48. The lowest BCUT2D eigenvalue weighted by Gasteiger charge is -2.25. The lowest BCUT2D eigenvalue weighted by Crippen LogP contribution is -2.49. The van der Waals surface area contributed by atoms with Crippen molar-refractivity contribution in [3.8, 4) is 0 Å². The molecule has 4 N–H and O–H groups in total. The van der Waals surface area contributed by atoms with Gasteiger partial charge in [0.05, 0.1) is 23.8 Å². The number of nitrogens with zero attached hydrogens (tertiary/aromatic N) is 2. The van der Waals surface area contributed by atoms with Crippen LogP contribution in [-0.2, 0) is 26.6 Å². The van der Waals surface area contributed by atoms with Crippen molar-refractivity contribution in [2.45, 2.75) is 56.5 Å². The molecule has 0 saturated heterocycles. The third-order valence-corrected chi connectivity index (χ3v) is 9.32. The number of primary sulfonamides is 1. The second kappa shape index (κ2) is 10.4. The zero-order chi connectivity index (χ0) is 26.0. The van der Waals surface area contributed by atoms with Crippen LogP contribution in [0.15, 0.2) is 70.8 Å². The Kier molecular flexibility index (Phi) is 7.67. The minimum absolute atomic E-state index is 0.0625. The van der Waals surface area contributed by atoms with E-state index in [1.165, 1.54) is 44.0 Å². The van der Waals surface area contributed by atoms with Crippen LogP contribution in [0.25, 0.3) is 0 Å². The van der Waals surface area contributed by atoms with Crippen LogP contribution in [-0.4, -0.2) is 35.1 Å². The second-order valence-corrected chi connectivity index (χ2v) is 12.9. The highest BCUT2D eigenvalue weighted by molar-refractivity contribution is 8.04. The standard InChI is InChI=1S/C25H34N5O4S2/c1-19(17-20-7-3-4-8-20)28-18-21-9-5-6-10-24(21)29-36(33,34)23-13-11-22(12-14-23)30(2)16-15-27-25(30)35(26,31)32/h5-6,9-16,19-20,28-29H,3-4,7-8,17-18H2,1-2H3,(H2,26,31,32)/q+1/t19-,30?/m0/s1. The number of amidine groups is 1. The fourth-order valence-electron chi connectivity index (χ4n) is 4.97. The van der Waals surface area contributed by atoms with Gasteiger partial charge in [-0.25, -0.2) is 18.0 Å². The number of rotatable bonds is 9. The minimum Gasteiger partial charge on any atom is -0.310 e. The van der Waals surface area contributed by atoms with E-state index >= 15 is 0 Å². The summed E-state index contributed by atoms with van der Waals surface area (Å²) in [6, 6.07) is 13.7. The molecular formula is C25H34N5O4S2+. The van der Waals surface area contributed by atoms with Crippen molar-refractivity contribution < 1.29 is 16.8 Å². The number of aliphatic imine (C=N–C) groups is 1. The monoisotopic (exact) mass is 532 g/mol. The normalized spacial score (nSPS) is 21.5. The van der Waals surface area contributed by atoms with E-state index in [9.17, 15) is 16.8 Å². The Morgan fingerprint density at radius 3 is 2.39 bits per heavy atom. The van der Waals surface area contributed by atoms with Crippen molar-refractivity contribution in [1.82, 2.24) is 9.80 Å². The summed E-state index contributed by atoms with van der Waals surface area (Å²) in [4.78, 5) is 3.95. The minimum atomic E-state index is -4.04. The van der Waals surface area contributed by atoms with Crippen molar-refractivity contribution in [2.24, 2.45) is 16.0 Å². The summed E-state index contributed by atoms with van der Waals surface area (Å²) in [6.07, 6.45) is 9.30. The molecule has 1 heterocycles. The van der Waals surface area contributed by atoms with Gasteiger partial charge in [-0.05, 0) is 43.0 Å². The Labute approximate surface area is 213 Å². The predicted octanol–water partition coefficient (Wildman–Crippen LogP) is 3.61. The van der Waals surface area contributed by atoms with Crippen LogP contribution in [0.2, 0.25) is 0 Å². The second-order valence-electron chi connectivity index (χ2n) is 9.75. The van der Waals surface area contributed by atoms with Gasteiger partial charge < -0.3 is 5.32 Å². The highest BCUT2D eigenvalue weighted by atomic mass is 32.2. The van der Waals surface area contributed by atoms with Crippen molar-refractivity contribution in [1.29, 1.82) is 0 Å². The summed E-state index contributed by atoms with van der Waals surface area (Å²) >= 11 is 0. The van der Waals surface area contributed by atoms with Crippen LogP contribution in [0.1, 0.15) is 44.6 Å². The third-order valence-electron chi connectivity index (χ3n) is 6.95. The van der Waals surface area contributed by atoms with Gasteiger partial charge in [0.15, 0.2) is 0 Å². The molecule has 2 aromatic rings. The van der Waals surface area contributed by atoms with Crippen LogP contribution >= 0.6 is 0 Å². The maximum Gasteiger partial charge on any atom is 0.346 e. The summed E-state index contributed by atoms with van der Waals surface area (Å²) in [6.45, 7) is 2.74. The van der Waals surface area contributed by atoms with Crippen molar-refractivity contribution in [3.05, 3.63) is 66.5 Å². The number of hydrogen-bond acceptors (Lipinski definition) is 6. The first-order valence-corrected chi connectivity index (χ1v) is 15.1. The summed E-state index contributed by atoms with van der Waals surface area (Å²) in [5, 5.41) is 8.61. The molecule has 0 spiro atoms. The van der Waals surface area contributed by atoms with Crippen LogP contribution < -0.4 is 19.7 Å². The Morgan fingerprint density at radius 2 is 1.72 bits per heavy atom. The average molecular weight is 533 g/mol. The molecule has 2 aliphatic rings. The fourth-order valence-corrected chi connectivity index (χ4v) is 6.98. The number of anilines is 1. The highest BCUT2D eigenvalue weighted by Crippen LogP contribution is 2.30. The molecule has 2 atom stereocenters. The SMILES string of the molecule is C[C@@H](CC1CCCC1)NCc1ccccc1NS(=O)(=O)c1ccc([N+]2(C)C=CN=C2S(N)(=O)=O)cc1. The molecule has 0 aromatic heterocycles. The molecular weight excluding hydrogens is 498 g/mol. The van der Waals surface area contributed by atoms with E-state index in [4.69, 9.17) is 5.14 Å². The predicted molar refractivity (Wildman–Crippen MR) is 144 cm³/mol. The smallest absolute Gasteiger partial charge is 0.310 e. The number of benzene rings is 2. The largest absolute Gasteiger partial charge is 0.346 e. The van der Waals surface area contributed by atoms with Gasteiger partial charge in [-0.15, -0.1) is 0 Å². The molecule has 0 amide bonds. The van der Waals surface area contributed by atoms with E-state index in [-0.39, 0.29) is 14.5 Å². The molecule has 2 aromatic carbocycles. The van der Waals surface area contributed by atoms with Gasteiger partial charge in [0.25, 0.3) is 10.0 Å². The fraction of sp³-hybridized carbons (Fsp3) is 0.400. The van der Waals surface area contributed by atoms with E-state index < -0.39 is 20.0 Å². The summed E-state index contributed by atoms with van der Waals surface area (Å²) in [5.41, 5.74) is 1.90. The van der Waals surface area contributed by atoms with Gasteiger partial charge in [0, 0.05) is 24.7 Å². The number of sulfonamides is 2. The van der Waals surface area contributed by atoms with Crippen LogP contribution in [0.4, 0.5) is 11.4 Å². The number of para-hydroxylation sites is 1. The maximum absolute atomic E-state index is 13.2. The Hall–Kier alpha value is -2.57. The van der Waals surface area contributed by atoms with E-state index in [1.54, 1.807) is 37.5 Å². The summed E-state index contributed by atoms with van der Waals surface area (Å²) in [5.74, 6) is 0.775. The van der Waals surface area contributed by atoms with Gasteiger partial charge in [-0.2, -0.15) is 13.4 Å². The zero-order valence-electron chi connectivity index (χ0n) is 20.6. The Morgan fingerprint density at radius 1 is 1.06 bits per heavy atom. The van der Waals surface area contributed by atoms with Gasteiger partial charge in [0.2, 0.25) is 0 Å². The molecule has 11 heteroatoms. The van der Waals surface area contributed by atoms with Crippen molar-refractivity contribution in [2.75, 3.05) is 11.8 Å². The van der Waals surface area contributed by atoms with E-state index in [1.807, 2.05) is 12.1 Å². The third kappa shape index (κ3) is 5.87. The molecule has 1 aliphatic heterocycles. The molecule has 9 nitrogen and oxygen atoms in total. The molecule has 0 bridgehead atoms. The number of nitrogens with two attached hydrogens (primary N) is 1. The molecule has 0 radical (unpaired) electrons. The van der Waals surface area contributed by atoms with Crippen molar-refractivity contribution in [3.63, 3.8) is 0 Å². The Balaban J connectivity index is 1.47. The van der Waals surface area contributed by atoms with E-state index in [0.717, 1.165) is 17.9 Å². The topological polar surface area (TPSA) is 131 Å². The molecule has 1 saturated carbocycles. The lowest BCUT2D eigenvalue weighted by atomic mass is 9.99. The van der Waals surface area contributed by atoms with Gasteiger partial charge >= 0.3 is 15.2 Å². The van der Waals surface area contributed by atoms with Gasteiger partial charge in [-0.3, -0.25) is 4.72 Å². The highest BCUT2D eigenvalue weighted by Gasteiger charge is 2.41. The van der Waals surface area contributed by atoms with Crippen LogP contribution in [0.3, 0.4) is 0 Å². The Bertz CT molecular complexity index is 1370. The molecule has 4 rings (SSSR count).